The summed E-state index contributed by atoms with van der Waals surface area (Å²) in [4.78, 5) is 8.08. The van der Waals surface area contributed by atoms with Gasteiger partial charge in [-0.25, -0.2) is 4.98 Å². The van der Waals surface area contributed by atoms with E-state index in [1.807, 2.05) is 0 Å². The molecule has 1 atom stereocenters. The third-order valence-corrected chi connectivity index (χ3v) is 2.10. The maximum Gasteiger partial charge on any atom is 0.319 e. The van der Waals surface area contributed by atoms with Gasteiger partial charge in [0.15, 0.2) is 0 Å². The first-order valence-electron chi connectivity index (χ1n) is 4.63. The van der Waals surface area contributed by atoms with E-state index >= 15 is 0 Å². The molecule has 1 saturated heterocycles. The van der Waals surface area contributed by atoms with Crippen molar-refractivity contribution >= 4 is 0 Å². The summed E-state index contributed by atoms with van der Waals surface area (Å²) in [5.74, 6) is 0.529. The summed E-state index contributed by atoms with van der Waals surface area (Å²) in [7, 11) is 1.57. The quantitative estimate of drug-likeness (QED) is 0.748. The average molecular weight is 195 g/mol. The maximum absolute atomic E-state index is 5.55. The second-order valence-electron chi connectivity index (χ2n) is 3.11. The van der Waals surface area contributed by atoms with E-state index < -0.39 is 0 Å². The first-order valence-corrected chi connectivity index (χ1v) is 4.63. The standard InChI is InChI=1S/C9H13N3O2/c1-13-8-3-5-11-9(12-8)14-7-2-4-10-6-7/h3,5,7,10H,2,4,6H2,1H3/t7-/m0/s1. The monoisotopic (exact) mass is 195 g/mol. The van der Waals surface area contributed by atoms with Crippen LogP contribution >= 0.6 is 0 Å². The fourth-order valence-electron chi connectivity index (χ4n) is 1.37. The molecule has 0 radical (unpaired) electrons. The number of nitrogens with zero attached hydrogens (tertiary/aromatic N) is 2. The average Bonchev–Trinajstić information content (AvgIpc) is 2.71. The summed E-state index contributed by atoms with van der Waals surface area (Å²) in [6.45, 7) is 1.86. The van der Waals surface area contributed by atoms with Crippen LogP contribution in [0.15, 0.2) is 12.3 Å². The van der Waals surface area contributed by atoms with Gasteiger partial charge < -0.3 is 14.8 Å². The summed E-state index contributed by atoms with van der Waals surface area (Å²) in [6, 6.07) is 2.08. The fraction of sp³-hybridized carbons (Fsp3) is 0.556. The van der Waals surface area contributed by atoms with Crippen molar-refractivity contribution in [1.82, 2.24) is 15.3 Å². The zero-order valence-electron chi connectivity index (χ0n) is 8.06. The number of ether oxygens (including phenoxy) is 2. The maximum atomic E-state index is 5.55. The van der Waals surface area contributed by atoms with Crippen LogP contribution in [0.25, 0.3) is 0 Å². The molecule has 76 valence electrons. The minimum absolute atomic E-state index is 0.183. The second kappa shape index (κ2) is 4.23. The van der Waals surface area contributed by atoms with Crippen molar-refractivity contribution in [3.63, 3.8) is 0 Å². The van der Waals surface area contributed by atoms with E-state index in [-0.39, 0.29) is 6.10 Å². The van der Waals surface area contributed by atoms with Crippen LogP contribution in [0, 0.1) is 0 Å². The zero-order valence-corrected chi connectivity index (χ0v) is 8.06. The van der Waals surface area contributed by atoms with Crippen molar-refractivity contribution < 1.29 is 9.47 Å². The van der Waals surface area contributed by atoms with Crippen LogP contribution < -0.4 is 14.8 Å². The highest BCUT2D eigenvalue weighted by atomic mass is 16.5. The molecule has 0 spiro atoms. The van der Waals surface area contributed by atoms with Crippen LogP contribution in [0.3, 0.4) is 0 Å². The Morgan fingerprint density at radius 1 is 1.57 bits per heavy atom. The van der Waals surface area contributed by atoms with Crippen LogP contribution in [-0.2, 0) is 0 Å². The Morgan fingerprint density at radius 2 is 2.50 bits per heavy atom. The SMILES string of the molecule is COc1ccnc(O[C@H]2CCNC2)n1. The van der Waals surface area contributed by atoms with Crippen molar-refractivity contribution in [3.05, 3.63) is 12.3 Å². The molecule has 0 amide bonds. The van der Waals surface area contributed by atoms with Gasteiger partial charge in [0.2, 0.25) is 5.88 Å². The molecule has 2 heterocycles. The Morgan fingerprint density at radius 3 is 3.21 bits per heavy atom. The molecule has 0 aromatic carbocycles. The summed E-state index contributed by atoms with van der Waals surface area (Å²) in [5.41, 5.74) is 0. The van der Waals surface area contributed by atoms with Crippen molar-refractivity contribution in [3.8, 4) is 11.9 Å². The van der Waals surface area contributed by atoms with Crippen LogP contribution in [0.1, 0.15) is 6.42 Å². The molecule has 1 aromatic heterocycles. The lowest BCUT2D eigenvalue weighted by molar-refractivity contribution is 0.201. The van der Waals surface area contributed by atoms with Gasteiger partial charge in [0, 0.05) is 18.8 Å². The number of methoxy groups -OCH3 is 1. The van der Waals surface area contributed by atoms with Crippen LogP contribution in [0.2, 0.25) is 0 Å². The molecular formula is C9H13N3O2. The van der Waals surface area contributed by atoms with Crippen LogP contribution in [-0.4, -0.2) is 36.3 Å². The number of hydrogen-bond donors (Lipinski definition) is 1. The van der Waals surface area contributed by atoms with E-state index in [0.29, 0.717) is 11.9 Å². The number of hydrogen-bond acceptors (Lipinski definition) is 5. The van der Waals surface area contributed by atoms with Crippen LogP contribution in [0.5, 0.6) is 11.9 Å². The second-order valence-corrected chi connectivity index (χ2v) is 3.11. The molecule has 0 bridgehead atoms. The van der Waals surface area contributed by atoms with E-state index in [2.05, 4.69) is 15.3 Å². The van der Waals surface area contributed by atoms with E-state index in [9.17, 15) is 0 Å². The fourth-order valence-corrected chi connectivity index (χ4v) is 1.37. The van der Waals surface area contributed by atoms with E-state index in [0.717, 1.165) is 19.5 Å². The van der Waals surface area contributed by atoms with Gasteiger partial charge in [0.25, 0.3) is 0 Å². The highest BCUT2D eigenvalue weighted by Gasteiger charge is 2.17. The molecule has 0 aliphatic carbocycles. The van der Waals surface area contributed by atoms with Crippen LogP contribution in [0.4, 0.5) is 0 Å². The predicted octanol–water partition coefficient (Wildman–Crippen LogP) is 0.226. The lowest BCUT2D eigenvalue weighted by Crippen LogP contribution is -2.20. The normalized spacial score (nSPS) is 20.8. The first kappa shape index (κ1) is 9.21. The third kappa shape index (κ3) is 2.11. The molecule has 1 aliphatic heterocycles. The van der Waals surface area contributed by atoms with Gasteiger partial charge in [-0.2, -0.15) is 4.98 Å². The van der Waals surface area contributed by atoms with Gasteiger partial charge in [-0.3, -0.25) is 0 Å². The minimum Gasteiger partial charge on any atom is -0.481 e. The summed E-state index contributed by atoms with van der Waals surface area (Å²) in [5, 5.41) is 3.21. The molecule has 0 unspecified atom stereocenters. The zero-order chi connectivity index (χ0) is 9.80. The Bertz CT molecular complexity index is 300. The molecule has 14 heavy (non-hydrogen) atoms. The lowest BCUT2D eigenvalue weighted by atomic mass is 10.3. The van der Waals surface area contributed by atoms with Gasteiger partial charge in [-0.05, 0) is 13.0 Å². The lowest BCUT2D eigenvalue weighted by Gasteiger charge is -2.10. The Kier molecular flexibility index (Phi) is 2.78. The topological polar surface area (TPSA) is 56.3 Å². The number of nitrogens with one attached hydrogen (secondary N) is 1. The van der Waals surface area contributed by atoms with Crippen molar-refractivity contribution in [1.29, 1.82) is 0 Å². The van der Waals surface area contributed by atoms with E-state index in [1.165, 1.54) is 0 Å². The Hall–Kier alpha value is -1.36. The summed E-state index contributed by atoms with van der Waals surface area (Å²) >= 11 is 0. The van der Waals surface area contributed by atoms with Gasteiger partial charge in [-0.1, -0.05) is 0 Å². The highest BCUT2D eigenvalue weighted by Crippen LogP contribution is 2.12. The van der Waals surface area contributed by atoms with Gasteiger partial charge in [-0.15, -0.1) is 0 Å². The first-order chi connectivity index (χ1) is 6.88. The number of rotatable bonds is 3. The molecule has 1 fully saturated rings. The molecule has 2 rings (SSSR count). The van der Waals surface area contributed by atoms with Gasteiger partial charge in [0.05, 0.1) is 7.11 Å². The largest absolute Gasteiger partial charge is 0.481 e. The van der Waals surface area contributed by atoms with Crippen molar-refractivity contribution in [2.24, 2.45) is 0 Å². The predicted molar refractivity (Wildman–Crippen MR) is 50.5 cm³/mol. The molecule has 5 heteroatoms. The van der Waals surface area contributed by atoms with Gasteiger partial charge >= 0.3 is 6.01 Å². The van der Waals surface area contributed by atoms with E-state index in [1.54, 1.807) is 19.4 Å². The Labute approximate surface area is 82.5 Å². The Balaban J connectivity index is 2.00. The molecule has 1 aromatic rings. The molecular weight excluding hydrogens is 182 g/mol. The molecule has 1 aliphatic rings. The minimum atomic E-state index is 0.183. The van der Waals surface area contributed by atoms with Gasteiger partial charge in [0.1, 0.15) is 6.10 Å². The van der Waals surface area contributed by atoms with Crippen molar-refractivity contribution in [2.45, 2.75) is 12.5 Å². The summed E-state index contributed by atoms with van der Waals surface area (Å²) < 4.78 is 10.5. The molecule has 1 N–H and O–H groups in total. The molecule has 5 nitrogen and oxygen atoms in total. The summed E-state index contributed by atoms with van der Waals surface area (Å²) in [6.07, 6.45) is 2.81. The van der Waals surface area contributed by atoms with Crippen molar-refractivity contribution in [2.75, 3.05) is 20.2 Å². The van der Waals surface area contributed by atoms with E-state index in [4.69, 9.17) is 9.47 Å². The highest BCUT2D eigenvalue weighted by molar-refractivity contribution is 5.11. The third-order valence-electron chi connectivity index (χ3n) is 2.10. The molecule has 0 saturated carbocycles. The number of aromatic nitrogens is 2. The smallest absolute Gasteiger partial charge is 0.319 e.